The van der Waals surface area contributed by atoms with Crippen molar-refractivity contribution in [2.24, 2.45) is 0 Å². The van der Waals surface area contributed by atoms with Gasteiger partial charge in [-0.2, -0.15) is 0 Å². The molecule has 0 bridgehead atoms. The molecule has 3 aromatic carbocycles. The number of allylic oxidation sites excluding steroid dienone is 1. The summed E-state index contributed by atoms with van der Waals surface area (Å²) in [4.78, 5) is 42.2. The highest BCUT2D eigenvalue weighted by atomic mass is 35.5. The first kappa shape index (κ1) is 24.8. The Morgan fingerprint density at radius 3 is 2.38 bits per heavy atom. The standard InChI is InChI=1S/C30H26ClNO5/c1-3-37-28(35)26-25(34)17-23(19-10-5-4-6-11-19)30(27(26)20-12-9-13-21(31)16-20)22-14-7-8-15-24(22)32(18(2)33)29(30)36/h4-16,23,27,34H,3,17H2,1-2H3. The largest absolute Gasteiger partial charge is 0.512 e. The van der Waals surface area contributed by atoms with Gasteiger partial charge in [-0.3, -0.25) is 9.59 Å². The first-order chi connectivity index (χ1) is 17.8. The van der Waals surface area contributed by atoms with Crippen molar-refractivity contribution in [3.8, 4) is 0 Å². The Kier molecular flexibility index (Phi) is 6.38. The molecule has 1 aliphatic heterocycles. The number of aliphatic hydroxyl groups is 1. The number of rotatable bonds is 4. The molecule has 0 aromatic heterocycles. The van der Waals surface area contributed by atoms with Crippen LogP contribution in [0.25, 0.3) is 0 Å². The zero-order valence-corrected chi connectivity index (χ0v) is 21.2. The normalized spacial score (nSPS) is 22.8. The van der Waals surface area contributed by atoms with Crippen molar-refractivity contribution in [3.05, 3.63) is 112 Å². The van der Waals surface area contributed by atoms with E-state index in [-0.39, 0.29) is 24.4 Å². The number of carbonyl (C=O) groups excluding carboxylic acids is 3. The maximum atomic E-state index is 14.7. The van der Waals surface area contributed by atoms with E-state index in [1.807, 2.05) is 42.5 Å². The number of nitrogens with zero attached hydrogens (tertiary/aromatic N) is 1. The highest BCUT2D eigenvalue weighted by Crippen LogP contribution is 2.63. The first-order valence-corrected chi connectivity index (χ1v) is 12.5. The molecule has 2 aliphatic rings. The summed E-state index contributed by atoms with van der Waals surface area (Å²) in [6.07, 6.45) is 0.0149. The summed E-state index contributed by atoms with van der Waals surface area (Å²) in [5.41, 5.74) is 1.03. The number of hydrogen-bond acceptors (Lipinski definition) is 5. The van der Waals surface area contributed by atoms with Gasteiger partial charge in [0.1, 0.15) is 5.76 Å². The molecule has 7 heteroatoms. The predicted octanol–water partition coefficient (Wildman–Crippen LogP) is 5.82. The highest BCUT2D eigenvalue weighted by Gasteiger charge is 2.65. The van der Waals surface area contributed by atoms with Gasteiger partial charge in [0.2, 0.25) is 11.8 Å². The van der Waals surface area contributed by atoms with Crippen LogP contribution in [0.15, 0.2) is 90.2 Å². The second-order valence-corrected chi connectivity index (χ2v) is 9.72. The van der Waals surface area contributed by atoms with E-state index in [4.69, 9.17) is 16.3 Å². The zero-order chi connectivity index (χ0) is 26.3. The van der Waals surface area contributed by atoms with Crippen LogP contribution < -0.4 is 4.90 Å². The van der Waals surface area contributed by atoms with Crippen LogP contribution >= 0.6 is 11.6 Å². The molecule has 6 nitrogen and oxygen atoms in total. The van der Waals surface area contributed by atoms with Crippen LogP contribution in [0.5, 0.6) is 0 Å². The SMILES string of the molecule is CCOC(=O)C1=C(O)CC(c2ccccc2)C2(C(=O)N(C(C)=O)c3ccccc32)C1c1cccc(Cl)c1. The lowest BCUT2D eigenvalue weighted by atomic mass is 9.53. The van der Waals surface area contributed by atoms with Crippen LogP contribution in [0, 0.1) is 0 Å². The number of halogens is 1. The van der Waals surface area contributed by atoms with Gasteiger partial charge in [-0.05, 0) is 41.8 Å². The number of fused-ring (bicyclic) bond motifs is 2. The lowest BCUT2D eigenvalue weighted by Crippen LogP contribution is -2.53. The predicted molar refractivity (Wildman–Crippen MR) is 141 cm³/mol. The van der Waals surface area contributed by atoms with E-state index in [9.17, 15) is 19.5 Å². The Labute approximate surface area is 220 Å². The number of aliphatic hydroxyl groups excluding tert-OH is 1. The molecule has 37 heavy (non-hydrogen) atoms. The second kappa shape index (κ2) is 9.52. The maximum Gasteiger partial charge on any atom is 0.338 e. The molecular weight excluding hydrogens is 490 g/mol. The summed E-state index contributed by atoms with van der Waals surface area (Å²) in [6, 6.07) is 23.5. The van der Waals surface area contributed by atoms with E-state index in [0.29, 0.717) is 21.8 Å². The molecule has 5 rings (SSSR count). The third-order valence-electron chi connectivity index (χ3n) is 7.34. The molecule has 0 radical (unpaired) electrons. The van der Waals surface area contributed by atoms with Crippen molar-refractivity contribution in [3.63, 3.8) is 0 Å². The van der Waals surface area contributed by atoms with Gasteiger partial charge in [0, 0.05) is 30.2 Å². The summed E-state index contributed by atoms with van der Waals surface area (Å²) in [7, 11) is 0. The molecule has 0 saturated heterocycles. The van der Waals surface area contributed by atoms with Crippen molar-refractivity contribution in [1.29, 1.82) is 0 Å². The lowest BCUT2D eigenvalue weighted by Gasteiger charge is -2.46. The van der Waals surface area contributed by atoms with Crippen LogP contribution in [0.2, 0.25) is 5.02 Å². The number of para-hydroxylation sites is 1. The molecule has 3 atom stereocenters. The lowest BCUT2D eigenvalue weighted by molar-refractivity contribution is -0.139. The van der Waals surface area contributed by atoms with Crippen molar-refractivity contribution < 1.29 is 24.2 Å². The zero-order valence-electron chi connectivity index (χ0n) is 20.5. The smallest absolute Gasteiger partial charge is 0.338 e. The quantitative estimate of drug-likeness (QED) is 0.443. The molecule has 1 N–H and O–H groups in total. The number of benzene rings is 3. The maximum absolute atomic E-state index is 14.7. The van der Waals surface area contributed by atoms with Crippen molar-refractivity contribution >= 4 is 35.1 Å². The van der Waals surface area contributed by atoms with Gasteiger partial charge in [0.05, 0.1) is 23.3 Å². The van der Waals surface area contributed by atoms with E-state index in [1.165, 1.54) is 11.8 Å². The molecule has 0 fully saturated rings. The second-order valence-electron chi connectivity index (χ2n) is 9.28. The fourth-order valence-electron chi connectivity index (χ4n) is 6.04. The van der Waals surface area contributed by atoms with Gasteiger partial charge in [0.25, 0.3) is 0 Å². The van der Waals surface area contributed by atoms with E-state index in [0.717, 1.165) is 5.56 Å². The summed E-state index contributed by atoms with van der Waals surface area (Å²) < 4.78 is 5.39. The van der Waals surface area contributed by atoms with Crippen LogP contribution in [-0.2, 0) is 24.5 Å². The van der Waals surface area contributed by atoms with Crippen LogP contribution in [0.1, 0.15) is 48.8 Å². The van der Waals surface area contributed by atoms with Crippen molar-refractivity contribution in [2.45, 2.75) is 37.5 Å². The van der Waals surface area contributed by atoms with Gasteiger partial charge in [-0.15, -0.1) is 0 Å². The van der Waals surface area contributed by atoms with Gasteiger partial charge >= 0.3 is 5.97 Å². The summed E-state index contributed by atoms with van der Waals surface area (Å²) in [6.45, 7) is 3.13. The molecule has 3 unspecified atom stereocenters. The number of hydrogen-bond donors (Lipinski definition) is 1. The number of ether oxygens (including phenoxy) is 1. The third kappa shape index (κ3) is 3.75. The highest BCUT2D eigenvalue weighted by molar-refractivity contribution is 6.30. The Bertz CT molecular complexity index is 1430. The fraction of sp³-hybridized carbons (Fsp3) is 0.233. The summed E-state index contributed by atoms with van der Waals surface area (Å²) >= 11 is 6.41. The van der Waals surface area contributed by atoms with E-state index < -0.39 is 35.0 Å². The first-order valence-electron chi connectivity index (χ1n) is 12.2. The molecule has 188 valence electrons. The third-order valence-corrected chi connectivity index (χ3v) is 7.58. The Morgan fingerprint density at radius 1 is 1.03 bits per heavy atom. The van der Waals surface area contributed by atoms with Gasteiger partial charge < -0.3 is 9.84 Å². The number of anilines is 1. The van der Waals surface area contributed by atoms with Crippen LogP contribution in [0.4, 0.5) is 5.69 Å². The average Bonchev–Trinajstić information content (AvgIpc) is 3.14. The Hall–Kier alpha value is -3.90. The minimum Gasteiger partial charge on any atom is -0.512 e. The average molecular weight is 516 g/mol. The van der Waals surface area contributed by atoms with Crippen LogP contribution in [0.3, 0.4) is 0 Å². The molecule has 2 amide bonds. The van der Waals surface area contributed by atoms with E-state index in [1.54, 1.807) is 43.3 Å². The topological polar surface area (TPSA) is 83.9 Å². The molecular formula is C30H26ClNO5. The molecule has 1 aliphatic carbocycles. The Balaban J connectivity index is 1.93. The van der Waals surface area contributed by atoms with Crippen molar-refractivity contribution in [2.75, 3.05) is 11.5 Å². The van der Waals surface area contributed by atoms with E-state index in [2.05, 4.69) is 0 Å². The van der Waals surface area contributed by atoms with Crippen LogP contribution in [-0.4, -0.2) is 29.5 Å². The summed E-state index contributed by atoms with van der Waals surface area (Å²) in [5.74, 6) is -3.29. The molecule has 1 heterocycles. The monoisotopic (exact) mass is 515 g/mol. The number of amides is 2. The summed E-state index contributed by atoms with van der Waals surface area (Å²) in [5, 5.41) is 11.8. The number of esters is 1. The number of imide groups is 1. The van der Waals surface area contributed by atoms with E-state index >= 15 is 0 Å². The Morgan fingerprint density at radius 2 is 1.70 bits per heavy atom. The van der Waals surface area contributed by atoms with Gasteiger partial charge in [0.15, 0.2) is 0 Å². The minimum atomic E-state index is -1.43. The minimum absolute atomic E-state index is 0.00449. The molecule has 1 spiro atoms. The van der Waals surface area contributed by atoms with Gasteiger partial charge in [-0.1, -0.05) is 72.3 Å². The molecule has 3 aromatic rings. The molecule has 0 saturated carbocycles. The fourth-order valence-corrected chi connectivity index (χ4v) is 6.24. The van der Waals surface area contributed by atoms with Crippen molar-refractivity contribution in [1.82, 2.24) is 0 Å². The van der Waals surface area contributed by atoms with Gasteiger partial charge in [-0.25, -0.2) is 9.69 Å². The number of carbonyl (C=O) groups is 3.